The molecule has 0 bridgehead atoms. The molecule has 1 aliphatic rings. The quantitative estimate of drug-likeness (QED) is 0.380. The van der Waals surface area contributed by atoms with Crippen LogP contribution in [0.1, 0.15) is 24.8 Å². The number of halogens is 2. The molecule has 3 aromatic rings. The predicted molar refractivity (Wildman–Crippen MR) is 125 cm³/mol. The molecule has 0 radical (unpaired) electrons. The number of rotatable bonds is 6. The highest BCUT2D eigenvalue weighted by Crippen LogP contribution is 2.36. The number of benzene rings is 2. The molecule has 30 heavy (non-hydrogen) atoms. The van der Waals surface area contributed by atoms with E-state index in [1.807, 2.05) is 42.5 Å². The van der Waals surface area contributed by atoms with Gasteiger partial charge in [0.25, 0.3) is 5.56 Å². The Labute approximate surface area is 193 Å². The van der Waals surface area contributed by atoms with E-state index in [1.54, 1.807) is 24.0 Å². The van der Waals surface area contributed by atoms with Crippen molar-refractivity contribution >= 4 is 46.7 Å². The molecule has 2 heterocycles. The molecule has 8 heteroatoms. The number of hydrogen-bond donors (Lipinski definition) is 0. The largest absolute Gasteiger partial charge is 0.367 e. The summed E-state index contributed by atoms with van der Waals surface area (Å²) in [6.45, 7) is 0.762. The molecule has 0 amide bonds. The molecule has 1 unspecified atom stereocenters. The van der Waals surface area contributed by atoms with Gasteiger partial charge in [-0.15, -0.1) is 11.8 Å². The normalized spacial score (nSPS) is 16.5. The maximum absolute atomic E-state index is 13.4. The second-order valence-electron chi connectivity index (χ2n) is 6.84. The molecule has 1 saturated heterocycles. The van der Waals surface area contributed by atoms with E-state index in [0.29, 0.717) is 20.7 Å². The average Bonchev–Trinajstić information content (AvgIpc) is 2.77. The standard InChI is InChI=1S/C22H20Cl2N2O2S2/c23-17-10-9-15(12-18(17)24)14-29-21-19(30-20-8-4-5-11-28-20)13-25-26(22(21)27)16-6-2-1-3-7-16/h1-3,6-7,9-10,12-13,20H,4-5,8,11,14H2. The van der Waals surface area contributed by atoms with Crippen molar-refractivity contribution in [3.63, 3.8) is 0 Å². The molecule has 1 fully saturated rings. The molecule has 0 saturated carbocycles. The lowest BCUT2D eigenvalue weighted by atomic mass is 10.2. The van der Waals surface area contributed by atoms with Crippen molar-refractivity contribution in [1.29, 1.82) is 0 Å². The molecule has 2 aromatic carbocycles. The first-order valence-electron chi connectivity index (χ1n) is 9.64. The fourth-order valence-corrected chi connectivity index (χ4v) is 5.70. The lowest BCUT2D eigenvalue weighted by Gasteiger charge is -2.22. The highest BCUT2D eigenvalue weighted by Gasteiger charge is 2.20. The Morgan fingerprint density at radius 2 is 1.93 bits per heavy atom. The summed E-state index contributed by atoms with van der Waals surface area (Å²) in [7, 11) is 0. The van der Waals surface area contributed by atoms with Crippen LogP contribution in [0.3, 0.4) is 0 Å². The Hall–Kier alpha value is -1.44. The summed E-state index contributed by atoms with van der Waals surface area (Å²) in [5.74, 6) is 0.601. The van der Waals surface area contributed by atoms with E-state index in [-0.39, 0.29) is 11.0 Å². The third-order valence-corrected chi connectivity index (χ3v) is 7.89. The van der Waals surface area contributed by atoms with Crippen LogP contribution in [0.5, 0.6) is 0 Å². The SMILES string of the molecule is O=c1c(SCc2ccc(Cl)c(Cl)c2)c(SC2CCCCO2)cnn1-c1ccccc1. The molecule has 1 atom stereocenters. The van der Waals surface area contributed by atoms with Crippen molar-refractivity contribution < 1.29 is 4.74 Å². The zero-order valence-corrected chi connectivity index (χ0v) is 19.2. The van der Waals surface area contributed by atoms with Crippen molar-refractivity contribution in [3.05, 3.63) is 80.7 Å². The van der Waals surface area contributed by atoms with E-state index in [1.165, 1.54) is 16.4 Å². The summed E-state index contributed by atoms with van der Waals surface area (Å²) in [4.78, 5) is 14.9. The molecule has 1 aliphatic heterocycles. The van der Waals surface area contributed by atoms with Crippen molar-refractivity contribution in [1.82, 2.24) is 9.78 Å². The summed E-state index contributed by atoms with van der Waals surface area (Å²) < 4.78 is 7.32. The molecule has 156 valence electrons. The van der Waals surface area contributed by atoms with Gasteiger partial charge in [-0.25, -0.2) is 0 Å². The van der Waals surface area contributed by atoms with Gasteiger partial charge < -0.3 is 4.74 Å². The van der Waals surface area contributed by atoms with Crippen LogP contribution in [0.2, 0.25) is 10.0 Å². The lowest BCUT2D eigenvalue weighted by Crippen LogP contribution is -2.24. The third kappa shape index (κ3) is 5.24. The van der Waals surface area contributed by atoms with Gasteiger partial charge in [0.15, 0.2) is 0 Å². The van der Waals surface area contributed by atoms with Crippen LogP contribution >= 0.6 is 46.7 Å². The number of ether oxygens (including phenoxy) is 1. The molecular formula is C22H20Cl2N2O2S2. The highest BCUT2D eigenvalue weighted by atomic mass is 35.5. The van der Waals surface area contributed by atoms with E-state index in [0.717, 1.165) is 42.0 Å². The van der Waals surface area contributed by atoms with Crippen LogP contribution in [-0.4, -0.2) is 21.8 Å². The van der Waals surface area contributed by atoms with E-state index >= 15 is 0 Å². The van der Waals surface area contributed by atoms with Gasteiger partial charge in [0.05, 0.1) is 26.8 Å². The van der Waals surface area contributed by atoms with Gasteiger partial charge in [0, 0.05) is 17.3 Å². The smallest absolute Gasteiger partial charge is 0.286 e. The van der Waals surface area contributed by atoms with Gasteiger partial charge in [-0.05, 0) is 49.1 Å². The van der Waals surface area contributed by atoms with E-state index < -0.39 is 0 Å². The molecule has 0 aliphatic carbocycles. The van der Waals surface area contributed by atoms with Gasteiger partial charge in [-0.1, -0.05) is 59.2 Å². The molecule has 4 rings (SSSR count). The second kappa shape index (κ2) is 10.2. The third-order valence-electron chi connectivity index (χ3n) is 4.67. The van der Waals surface area contributed by atoms with Gasteiger partial charge in [-0.2, -0.15) is 9.78 Å². The first-order chi connectivity index (χ1) is 14.6. The minimum Gasteiger partial charge on any atom is -0.367 e. The fraction of sp³-hybridized carbons (Fsp3) is 0.273. The molecule has 1 aromatic heterocycles. The van der Waals surface area contributed by atoms with Crippen LogP contribution in [0.25, 0.3) is 5.69 Å². The number of thioether (sulfide) groups is 2. The van der Waals surface area contributed by atoms with E-state index in [2.05, 4.69) is 5.10 Å². The van der Waals surface area contributed by atoms with Crippen LogP contribution in [0, 0.1) is 0 Å². The summed E-state index contributed by atoms with van der Waals surface area (Å²) >= 11 is 15.3. The van der Waals surface area contributed by atoms with Gasteiger partial charge in [0.2, 0.25) is 0 Å². The van der Waals surface area contributed by atoms with Crippen molar-refractivity contribution in [3.8, 4) is 5.69 Å². The molecule has 4 nitrogen and oxygen atoms in total. The van der Waals surface area contributed by atoms with Crippen LogP contribution in [0.15, 0.2) is 69.3 Å². The number of aromatic nitrogens is 2. The number of nitrogens with zero attached hydrogens (tertiary/aromatic N) is 2. The van der Waals surface area contributed by atoms with E-state index in [9.17, 15) is 4.79 Å². The summed E-state index contributed by atoms with van der Waals surface area (Å²) in [5.41, 5.74) is 1.66. The monoisotopic (exact) mass is 478 g/mol. The Bertz CT molecular complexity index is 1070. The Morgan fingerprint density at radius 3 is 2.67 bits per heavy atom. The van der Waals surface area contributed by atoms with E-state index in [4.69, 9.17) is 27.9 Å². The predicted octanol–water partition coefficient (Wildman–Crippen LogP) is 6.45. The summed E-state index contributed by atoms with van der Waals surface area (Å²) in [6.07, 6.45) is 4.97. The van der Waals surface area contributed by atoms with Crippen molar-refractivity contribution in [2.24, 2.45) is 0 Å². The maximum atomic E-state index is 13.4. The zero-order valence-electron chi connectivity index (χ0n) is 16.1. The highest BCUT2D eigenvalue weighted by molar-refractivity contribution is 8.02. The second-order valence-corrected chi connectivity index (χ2v) is 9.84. The first kappa shape index (κ1) is 21.8. The van der Waals surface area contributed by atoms with Crippen LogP contribution in [-0.2, 0) is 10.5 Å². The van der Waals surface area contributed by atoms with Crippen molar-refractivity contribution in [2.45, 2.75) is 40.2 Å². The number of para-hydroxylation sites is 1. The van der Waals surface area contributed by atoms with Crippen LogP contribution in [0.4, 0.5) is 0 Å². The van der Waals surface area contributed by atoms with Crippen molar-refractivity contribution in [2.75, 3.05) is 6.61 Å². The van der Waals surface area contributed by atoms with Gasteiger partial charge in [0.1, 0.15) is 5.44 Å². The Balaban J connectivity index is 1.66. The minimum absolute atomic E-state index is 0.0526. The minimum atomic E-state index is -0.132. The summed E-state index contributed by atoms with van der Waals surface area (Å²) in [5, 5.41) is 5.46. The number of hydrogen-bond acceptors (Lipinski definition) is 5. The average molecular weight is 479 g/mol. The Kier molecular flexibility index (Phi) is 7.44. The zero-order chi connectivity index (χ0) is 20.9. The van der Waals surface area contributed by atoms with Gasteiger partial charge in [-0.3, -0.25) is 4.79 Å². The fourth-order valence-electron chi connectivity index (χ4n) is 3.12. The Morgan fingerprint density at radius 1 is 1.10 bits per heavy atom. The summed E-state index contributed by atoms with van der Waals surface area (Å²) in [6, 6.07) is 15.0. The first-order valence-corrected chi connectivity index (χ1v) is 12.3. The maximum Gasteiger partial charge on any atom is 0.286 e. The van der Waals surface area contributed by atoms with Gasteiger partial charge >= 0.3 is 0 Å². The molecular weight excluding hydrogens is 459 g/mol. The topological polar surface area (TPSA) is 44.1 Å². The molecule has 0 spiro atoms. The lowest BCUT2D eigenvalue weighted by molar-refractivity contribution is 0.0727. The van der Waals surface area contributed by atoms with Crippen LogP contribution < -0.4 is 5.56 Å². The molecule has 0 N–H and O–H groups in total.